The minimum absolute atomic E-state index is 0.631. The number of benzene rings is 1. The van der Waals surface area contributed by atoms with E-state index in [-0.39, 0.29) is 0 Å². The number of hydrogen-bond acceptors (Lipinski definition) is 3. The SMILES string of the molecule is [C-]#[N+]CCCCCCc1c(-c2ccc(OC)c(OC)c2)nc2ccc(C)cn12. The van der Waals surface area contributed by atoms with Crippen LogP contribution in [0.15, 0.2) is 36.5 Å². The number of aromatic nitrogens is 2. The molecule has 146 valence electrons. The summed E-state index contributed by atoms with van der Waals surface area (Å²) >= 11 is 0. The summed E-state index contributed by atoms with van der Waals surface area (Å²) in [6, 6.07) is 10.1. The van der Waals surface area contributed by atoms with Gasteiger partial charge in [-0.05, 0) is 56.0 Å². The third kappa shape index (κ3) is 4.28. The van der Waals surface area contributed by atoms with Crippen molar-refractivity contribution in [1.82, 2.24) is 9.38 Å². The molecule has 0 radical (unpaired) electrons. The first-order valence-corrected chi connectivity index (χ1v) is 9.71. The lowest BCUT2D eigenvalue weighted by atomic mass is 10.0. The molecule has 5 nitrogen and oxygen atoms in total. The summed E-state index contributed by atoms with van der Waals surface area (Å²) in [7, 11) is 3.30. The highest BCUT2D eigenvalue weighted by atomic mass is 16.5. The Bertz CT molecular complexity index is 985. The molecule has 1 aromatic carbocycles. The van der Waals surface area contributed by atoms with E-state index in [0.29, 0.717) is 18.0 Å². The second-order valence-corrected chi connectivity index (χ2v) is 6.96. The van der Waals surface area contributed by atoms with E-state index in [1.54, 1.807) is 14.2 Å². The van der Waals surface area contributed by atoms with Crippen molar-refractivity contribution in [3.8, 4) is 22.8 Å². The van der Waals surface area contributed by atoms with Crippen molar-refractivity contribution in [2.45, 2.75) is 39.0 Å². The minimum Gasteiger partial charge on any atom is -0.493 e. The molecule has 0 fully saturated rings. The van der Waals surface area contributed by atoms with Gasteiger partial charge in [-0.25, -0.2) is 11.6 Å². The monoisotopic (exact) mass is 377 g/mol. The highest BCUT2D eigenvalue weighted by Crippen LogP contribution is 2.34. The van der Waals surface area contributed by atoms with Crippen molar-refractivity contribution in [2.75, 3.05) is 20.8 Å². The predicted molar refractivity (Wildman–Crippen MR) is 112 cm³/mol. The van der Waals surface area contributed by atoms with Crippen molar-refractivity contribution >= 4 is 5.65 Å². The maximum absolute atomic E-state index is 6.89. The number of nitrogens with zero attached hydrogens (tertiary/aromatic N) is 3. The van der Waals surface area contributed by atoms with Crippen LogP contribution in [-0.4, -0.2) is 30.1 Å². The number of unbranched alkanes of at least 4 members (excludes halogenated alkanes) is 3. The van der Waals surface area contributed by atoms with Crippen LogP contribution in [-0.2, 0) is 6.42 Å². The number of imidazole rings is 1. The van der Waals surface area contributed by atoms with Crippen molar-refractivity contribution in [2.24, 2.45) is 0 Å². The van der Waals surface area contributed by atoms with Crippen LogP contribution >= 0.6 is 0 Å². The fourth-order valence-electron chi connectivity index (χ4n) is 3.49. The van der Waals surface area contributed by atoms with Gasteiger partial charge >= 0.3 is 0 Å². The lowest BCUT2D eigenvalue weighted by Crippen LogP contribution is -1.97. The summed E-state index contributed by atoms with van der Waals surface area (Å²) < 4.78 is 13.1. The smallest absolute Gasteiger partial charge is 0.214 e. The molecule has 2 heterocycles. The third-order valence-electron chi connectivity index (χ3n) is 4.96. The number of aryl methyl sites for hydroxylation is 2. The molecule has 28 heavy (non-hydrogen) atoms. The Balaban J connectivity index is 1.94. The lowest BCUT2D eigenvalue weighted by Gasteiger charge is -2.10. The molecule has 0 atom stereocenters. The van der Waals surface area contributed by atoms with Crippen LogP contribution in [0.1, 0.15) is 36.9 Å². The summed E-state index contributed by atoms with van der Waals surface area (Å²) in [6.07, 6.45) is 7.40. The van der Waals surface area contributed by atoms with Crippen LogP contribution < -0.4 is 9.47 Å². The Hall–Kier alpha value is -3.00. The number of hydrogen-bond donors (Lipinski definition) is 0. The van der Waals surface area contributed by atoms with Gasteiger partial charge in [0.05, 0.1) is 25.6 Å². The summed E-state index contributed by atoms with van der Waals surface area (Å²) in [5.41, 5.74) is 5.41. The summed E-state index contributed by atoms with van der Waals surface area (Å²) in [5.74, 6) is 1.42. The molecule has 0 aliphatic heterocycles. The van der Waals surface area contributed by atoms with Crippen LogP contribution in [0.3, 0.4) is 0 Å². The standard InChI is InChI=1S/C23H27N3O2/c1-17-10-13-22-25-23(18-11-12-20(27-3)21(15-18)28-4)19(26(22)16-17)9-7-5-6-8-14-24-2/h10-13,15-16H,5-9,14H2,1,3-4H3. The van der Waals surface area contributed by atoms with Crippen molar-refractivity contribution < 1.29 is 9.47 Å². The van der Waals surface area contributed by atoms with Gasteiger partial charge in [0.2, 0.25) is 6.54 Å². The van der Waals surface area contributed by atoms with E-state index in [2.05, 4.69) is 34.5 Å². The Morgan fingerprint density at radius 1 is 1.00 bits per heavy atom. The van der Waals surface area contributed by atoms with E-state index in [9.17, 15) is 0 Å². The first kappa shape index (κ1) is 19.8. The van der Waals surface area contributed by atoms with Crippen molar-refractivity contribution in [1.29, 1.82) is 0 Å². The van der Waals surface area contributed by atoms with E-state index in [1.165, 1.54) is 11.3 Å². The van der Waals surface area contributed by atoms with Gasteiger partial charge in [-0.2, -0.15) is 0 Å². The van der Waals surface area contributed by atoms with Crippen molar-refractivity contribution in [3.63, 3.8) is 0 Å². The van der Waals surface area contributed by atoms with Crippen LogP contribution in [0.4, 0.5) is 0 Å². The Labute approximate surface area is 166 Å². The van der Waals surface area contributed by atoms with Gasteiger partial charge in [0.25, 0.3) is 0 Å². The normalized spacial score (nSPS) is 10.8. The average Bonchev–Trinajstić information content (AvgIpc) is 3.07. The van der Waals surface area contributed by atoms with Gasteiger partial charge in [-0.1, -0.05) is 12.5 Å². The average molecular weight is 377 g/mol. The molecule has 3 aromatic rings. The number of methoxy groups -OCH3 is 2. The number of pyridine rings is 1. The topological polar surface area (TPSA) is 40.1 Å². The molecule has 0 amide bonds. The molecule has 0 aliphatic carbocycles. The maximum atomic E-state index is 6.89. The highest BCUT2D eigenvalue weighted by molar-refractivity contribution is 5.69. The molecule has 0 aliphatic rings. The Morgan fingerprint density at radius 2 is 1.79 bits per heavy atom. The Kier molecular flexibility index (Phi) is 6.54. The second kappa shape index (κ2) is 9.27. The van der Waals surface area contributed by atoms with E-state index >= 15 is 0 Å². The third-order valence-corrected chi connectivity index (χ3v) is 4.96. The predicted octanol–water partition coefficient (Wildman–Crippen LogP) is 5.35. The molecule has 0 saturated heterocycles. The van der Waals surface area contributed by atoms with Crippen LogP contribution in [0.5, 0.6) is 11.5 Å². The van der Waals surface area contributed by atoms with Gasteiger partial charge in [0.1, 0.15) is 5.65 Å². The highest BCUT2D eigenvalue weighted by Gasteiger charge is 2.16. The van der Waals surface area contributed by atoms with Gasteiger partial charge in [0, 0.05) is 18.2 Å². The zero-order chi connectivity index (χ0) is 19.9. The number of ether oxygens (including phenoxy) is 2. The second-order valence-electron chi connectivity index (χ2n) is 6.96. The first-order valence-electron chi connectivity index (χ1n) is 9.71. The van der Waals surface area contributed by atoms with Gasteiger partial charge < -0.3 is 18.7 Å². The molecule has 0 bridgehead atoms. The molecular weight excluding hydrogens is 350 g/mol. The molecule has 0 unspecified atom stereocenters. The number of rotatable bonds is 9. The van der Waals surface area contributed by atoms with Crippen LogP contribution in [0, 0.1) is 13.5 Å². The van der Waals surface area contributed by atoms with E-state index in [4.69, 9.17) is 21.0 Å². The van der Waals surface area contributed by atoms with Gasteiger partial charge in [0.15, 0.2) is 11.5 Å². The molecule has 5 heteroatoms. The van der Waals surface area contributed by atoms with Crippen molar-refractivity contribution in [3.05, 3.63) is 59.2 Å². The fourth-order valence-corrected chi connectivity index (χ4v) is 3.49. The van der Waals surface area contributed by atoms with Gasteiger partial charge in [-0.15, -0.1) is 0 Å². The maximum Gasteiger partial charge on any atom is 0.214 e. The minimum atomic E-state index is 0.631. The molecular formula is C23H27N3O2. The molecule has 0 saturated carbocycles. The Morgan fingerprint density at radius 3 is 2.54 bits per heavy atom. The van der Waals surface area contributed by atoms with Crippen LogP contribution in [0.25, 0.3) is 21.7 Å². The number of fused-ring (bicyclic) bond motifs is 1. The summed E-state index contributed by atoms with van der Waals surface area (Å²) in [4.78, 5) is 8.34. The lowest BCUT2D eigenvalue weighted by molar-refractivity contribution is 0.355. The largest absolute Gasteiger partial charge is 0.493 e. The quantitative estimate of drug-likeness (QED) is 0.373. The molecule has 3 rings (SSSR count). The van der Waals surface area contributed by atoms with E-state index in [0.717, 1.165) is 49.0 Å². The summed E-state index contributed by atoms with van der Waals surface area (Å²) in [5, 5.41) is 0. The van der Waals surface area contributed by atoms with E-state index < -0.39 is 0 Å². The van der Waals surface area contributed by atoms with Gasteiger partial charge in [-0.3, -0.25) is 0 Å². The molecule has 0 N–H and O–H groups in total. The van der Waals surface area contributed by atoms with E-state index in [1.807, 2.05) is 18.2 Å². The van der Waals surface area contributed by atoms with Crippen LogP contribution in [0.2, 0.25) is 0 Å². The zero-order valence-corrected chi connectivity index (χ0v) is 16.9. The molecule has 2 aromatic heterocycles. The summed E-state index contributed by atoms with van der Waals surface area (Å²) in [6.45, 7) is 9.62. The molecule has 0 spiro atoms. The first-order chi connectivity index (χ1) is 13.7. The fraction of sp³-hybridized carbons (Fsp3) is 0.391. The zero-order valence-electron chi connectivity index (χ0n) is 16.9.